The second-order valence-electron chi connectivity index (χ2n) is 12.9. The quantitative estimate of drug-likeness (QED) is 0.196. The summed E-state index contributed by atoms with van der Waals surface area (Å²) in [5, 5.41) is 0. The number of ether oxygens (including phenoxy) is 1. The van der Waals surface area contributed by atoms with E-state index in [9.17, 15) is 4.79 Å². The molecular formula is C32H58O2. The molecule has 3 fully saturated rings. The first-order chi connectivity index (χ1) is 16.6. The van der Waals surface area contributed by atoms with Gasteiger partial charge in [0, 0.05) is 0 Å². The molecule has 34 heavy (non-hydrogen) atoms. The first-order valence-corrected chi connectivity index (χ1v) is 15.7. The van der Waals surface area contributed by atoms with Gasteiger partial charge >= 0.3 is 5.97 Å². The summed E-state index contributed by atoms with van der Waals surface area (Å²) in [6, 6.07) is 0. The Hall–Kier alpha value is -0.530. The van der Waals surface area contributed by atoms with Crippen LogP contribution in [0.4, 0.5) is 0 Å². The minimum Gasteiger partial charge on any atom is -0.465 e. The molecule has 2 nitrogen and oxygen atoms in total. The molecule has 0 amide bonds. The number of carbonyl (C=O) groups is 1. The Kier molecular flexibility index (Phi) is 12.3. The van der Waals surface area contributed by atoms with Crippen LogP contribution in [0.2, 0.25) is 0 Å². The van der Waals surface area contributed by atoms with Gasteiger partial charge in [0.25, 0.3) is 0 Å². The van der Waals surface area contributed by atoms with Crippen molar-refractivity contribution in [1.29, 1.82) is 0 Å². The van der Waals surface area contributed by atoms with E-state index in [0.29, 0.717) is 6.61 Å². The van der Waals surface area contributed by atoms with Gasteiger partial charge in [-0.1, -0.05) is 97.8 Å². The molecule has 0 unspecified atom stereocenters. The third-order valence-electron chi connectivity index (χ3n) is 10.3. The highest BCUT2D eigenvalue weighted by Crippen LogP contribution is 2.49. The maximum atomic E-state index is 13.5. The van der Waals surface area contributed by atoms with Crippen LogP contribution in [0, 0.1) is 35.0 Å². The average Bonchev–Trinajstić information content (AvgIpc) is 2.87. The molecule has 0 atom stereocenters. The molecule has 0 aliphatic heterocycles. The zero-order valence-corrected chi connectivity index (χ0v) is 23.3. The fourth-order valence-electron chi connectivity index (χ4n) is 7.62. The molecule has 0 N–H and O–H groups in total. The normalized spacial score (nSPS) is 34.6. The predicted molar refractivity (Wildman–Crippen MR) is 145 cm³/mol. The van der Waals surface area contributed by atoms with E-state index in [1.165, 1.54) is 109 Å². The van der Waals surface area contributed by atoms with E-state index in [0.717, 1.165) is 55.3 Å². The van der Waals surface area contributed by atoms with Crippen molar-refractivity contribution in [3.05, 3.63) is 0 Å². The molecule has 3 aliphatic rings. The summed E-state index contributed by atoms with van der Waals surface area (Å²) >= 11 is 0. The molecular weight excluding hydrogens is 416 g/mol. The van der Waals surface area contributed by atoms with Crippen molar-refractivity contribution >= 4 is 5.97 Å². The maximum absolute atomic E-state index is 13.5. The Bertz CT molecular complexity index is 545. The van der Waals surface area contributed by atoms with Gasteiger partial charge in [-0.2, -0.15) is 0 Å². The van der Waals surface area contributed by atoms with E-state index in [2.05, 4.69) is 20.8 Å². The van der Waals surface area contributed by atoms with Gasteiger partial charge in [0.1, 0.15) is 0 Å². The smallest absolute Gasteiger partial charge is 0.312 e. The Morgan fingerprint density at radius 3 is 1.88 bits per heavy atom. The lowest BCUT2D eigenvalue weighted by atomic mass is 9.62. The molecule has 0 radical (unpaired) electrons. The Balaban J connectivity index is 1.49. The number of hydrogen-bond acceptors (Lipinski definition) is 2. The molecule has 0 spiro atoms. The van der Waals surface area contributed by atoms with E-state index < -0.39 is 0 Å². The molecule has 0 saturated heterocycles. The maximum Gasteiger partial charge on any atom is 0.312 e. The predicted octanol–water partition coefficient (Wildman–Crippen LogP) is 9.89. The third-order valence-corrected chi connectivity index (χ3v) is 10.3. The lowest BCUT2D eigenvalue weighted by Crippen LogP contribution is -2.39. The molecule has 0 aromatic heterocycles. The molecule has 3 saturated carbocycles. The molecule has 198 valence electrons. The Morgan fingerprint density at radius 1 is 0.706 bits per heavy atom. The number of esters is 1. The summed E-state index contributed by atoms with van der Waals surface area (Å²) in [5.74, 6) is 4.73. The number of unbranched alkanes of at least 4 members (excludes halogenated alkanes) is 4. The highest BCUT2D eigenvalue weighted by Gasteiger charge is 2.44. The monoisotopic (exact) mass is 474 g/mol. The van der Waals surface area contributed by atoms with Crippen LogP contribution in [0.15, 0.2) is 0 Å². The highest BCUT2D eigenvalue weighted by atomic mass is 16.5. The van der Waals surface area contributed by atoms with Gasteiger partial charge in [-0.3, -0.25) is 4.79 Å². The number of rotatable bonds is 13. The van der Waals surface area contributed by atoms with Crippen molar-refractivity contribution in [2.45, 2.75) is 156 Å². The largest absolute Gasteiger partial charge is 0.465 e. The van der Waals surface area contributed by atoms with Gasteiger partial charge in [-0.15, -0.1) is 0 Å². The van der Waals surface area contributed by atoms with Crippen molar-refractivity contribution in [2.24, 2.45) is 35.0 Å². The van der Waals surface area contributed by atoms with E-state index in [1.807, 2.05) is 0 Å². The minimum absolute atomic E-state index is 0.164. The van der Waals surface area contributed by atoms with Crippen LogP contribution in [-0.2, 0) is 9.53 Å². The average molecular weight is 475 g/mol. The highest BCUT2D eigenvalue weighted by molar-refractivity contribution is 5.77. The van der Waals surface area contributed by atoms with Crippen LogP contribution < -0.4 is 0 Å². The van der Waals surface area contributed by atoms with Gasteiger partial charge in [0.05, 0.1) is 12.0 Å². The van der Waals surface area contributed by atoms with Crippen molar-refractivity contribution in [3.63, 3.8) is 0 Å². The van der Waals surface area contributed by atoms with Crippen LogP contribution in [0.5, 0.6) is 0 Å². The first kappa shape index (κ1) is 28.0. The molecule has 3 aliphatic carbocycles. The lowest BCUT2D eigenvalue weighted by molar-refractivity contribution is -0.160. The zero-order chi connectivity index (χ0) is 24.2. The van der Waals surface area contributed by atoms with Crippen molar-refractivity contribution in [1.82, 2.24) is 0 Å². The second-order valence-corrected chi connectivity index (χ2v) is 12.9. The lowest BCUT2D eigenvalue weighted by Gasteiger charge is -2.43. The SMILES string of the molecule is CCCCCOC(=O)C1(CC[C@H]2CC[C@H](CCCCC)CC2)CCC(C2CCC(C)CC2)CC1. The van der Waals surface area contributed by atoms with Crippen LogP contribution in [0.3, 0.4) is 0 Å². The van der Waals surface area contributed by atoms with Gasteiger partial charge < -0.3 is 4.74 Å². The molecule has 0 bridgehead atoms. The number of hydrogen-bond donors (Lipinski definition) is 0. The summed E-state index contributed by atoms with van der Waals surface area (Å²) in [6.07, 6.45) is 27.5. The zero-order valence-electron chi connectivity index (χ0n) is 23.3. The van der Waals surface area contributed by atoms with Crippen LogP contribution in [-0.4, -0.2) is 12.6 Å². The van der Waals surface area contributed by atoms with E-state index in [4.69, 9.17) is 4.74 Å². The van der Waals surface area contributed by atoms with Crippen molar-refractivity contribution < 1.29 is 9.53 Å². The first-order valence-electron chi connectivity index (χ1n) is 15.7. The summed E-state index contributed by atoms with van der Waals surface area (Å²) in [5.41, 5.74) is -0.164. The topological polar surface area (TPSA) is 26.3 Å². The summed E-state index contributed by atoms with van der Waals surface area (Å²) < 4.78 is 5.95. The van der Waals surface area contributed by atoms with Gasteiger partial charge in [-0.05, 0) is 87.4 Å². The minimum atomic E-state index is -0.164. The summed E-state index contributed by atoms with van der Waals surface area (Å²) in [6.45, 7) is 7.59. The Morgan fingerprint density at radius 2 is 1.26 bits per heavy atom. The molecule has 0 heterocycles. The Labute approximate surface area is 212 Å². The van der Waals surface area contributed by atoms with Crippen LogP contribution in [0.1, 0.15) is 156 Å². The van der Waals surface area contributed by atoms with Gasteiger partial charge in [-0.25, -0.2) is 0 Å². The molecule has 3 rings (SSSR count). The number of carbonyl (C=O) groups excluding carboxylic acids is 1. The van der Waals surface area contributed by atoms with Gasteiger partial charge in [0.15, 0.2) is 0 Å². The fourth-order valence-corrected chi connectivity index (χ4v) is 7.62. The summed E-state index contributed by atoms with van der Waals surface area (Å²) in [4.78, 5) is 13.5. The van der Waals surface area contributed by atoms with Crippen molar-refractivity contribution in [2.75, 3.05) is 6.61 Å². The standard InChI is InChI=1S/C32H58O2/c1-4-6-8-10-27-13-15-28(16-14-27)19-22-32(31(33)34-25-9-7-5-2)23-20-30(21-24-32)29-17-11-26(3)12-18-29/h26-30H,4-25H2,1-3H3/t26?,27-,28-,29?,30?,32?. The summed E-state index contributed by atoms with van der Waals surface area (Å²) in [7, 11) is 0. The fraction of sp³-hybridized carbons (Fsp3) is 0.969. The van der Waals surface area contributed by atoms with E-state index in [1.54, 1.807) is 0 Å². The van der Waals surface area contributed by atoms with Crippen LogP contribution in [0.25, 0.3) is 0 Å². The third kappa shape index (κ3) is 8.55. The molecule has 2 heteroatoms. The van der Waals surface area contributed by atoms with Crippen LogP contribution >= 0.6 is 0 Å². The second kappa shape index (κ2) is 14.9. The van der Waals surface area contributed by atoms with Gasteiger partial charge in [0.2, 0.25) is 0 Å². The molecule has 0 aromatic carbocycles. The van der Waals surface area contributed by atoms with Crippen molar-refractivity contribution in [3.8, 4) is 0 Å². The molecule has 0 aromatic rings. The van der Waals surface area contributed by atoms with E-state index >= 15 is 0 Å². The van der Waals surface area contributed by atoms with E-state index in [-0.39, 0.29) is 11.4 Å².